The summed E-state index contributed by atoms with van der Waals surface area (Å²) in [4.78, 5) is 4.12. The van der Waals surface area contributed by atoms with E-state index in [1.807, 2.05) is 31.2 Å². The summed E-state index contributed by atoms with van der Waals surface area (Å²) in [5.41, 5.74) is 3.93. The van der Waals surface area contributed by atoms with E-state index >= 15 is 0 Å². The Kier molecular flexibility index (Phi) is 3.68. The van der Waals surface area contributed by atoms with Gasteiger partial charge < -0.3 is 5.11 Å². The minimum atomic E-state index is -0.184. The van der Waals surface area contributed by atoms with Gasteiger partial charge in [0.25, 0.3) is 0 Å². The Labute approximate surface area is 126 Å². The third-order valence-corrected chi connectivity index (χ3v) is 3.45. The second-order valence-corrected chi connectivity index (χ2v) is 5.06. The number of rotatable bonds is 3. The van der Waals surface area contributed by atoms with Gasteiger partial charge in [-0.25, -0.2) is 4.68 Å². The average Bonchev–Trinajstić information content (AvgIpc) is 2.92. The molecule has 0 radical (unpaired) electrons. The Balaban J connectivity index is 2.22. The Morgan fingerprint density at radius 3 is 2.81 bits per heavy atom. The molecule has 0 unspecified atom stereocenters. The number of hydrogen-bond donors (Lipinski definition) is 1. The minimum Gasteiger partial charge on any atom is -0.390 e. The molecule has 0 spiro atoms. The second kappa shape index (κ2) is 5.63. The molecule has 0 aliphatic rings. The number of aliphatic hydroxyl groups excluding tert-OH is 1. The molecule has 0 aliphatic carbocycles. The molecule has 3 rings (SSSR count). The summed E-state index contributed by atoms with van der Waals surface area (Å²) in [5, 5.41) is 18.4. The standard InChI is InChI=1S/C15H13ClN4O/c1-10-7-12(16)4-5-14(10)20-15(13(9-21)18-19-20)11-3-2-6-17-8-11/h2-8,21H,9H2,1H3. The van der Waals surface area contributed by atoms with Crippen molar-refractivity contribution < 1.29 is 5.11 Å². The van der Waals surface area contributed by atoms with Crippen molar-refractivity contribution >= 4 is 11.6 Å². The highest BCUT2D eigenvalue weighted by Gasteiger charge is 2.17. The second-order valence-electron chi connectivity index (χ2n) is 4.63. The van der Waals surface area contributed by atoms with Crippen LogP contribution in [-0.2, 0) is 6.61 Å². The summed E-state index contributed by atoms with van der Waals surface area (Å²) in [7, 11) is 0. The number of pyridine rings is 1. The van der Waals surface area contributed by atoms with Crippen LogP contribution in [0, 0.1) is 6.92 Å². The van der Waals surface area contributed by atoms with Crippen LogP contribution in [0.3, 0.4) is 0 Å². The van der Waals surface area contributed by atoms with Crippen molar-refractivity contribution in [3.05, 3.63) is 59.0 Å². The molecule has 0 bridgehead atoms. The molecular formula is C15H13ClN4O. The lowest BCUT2D eigenvalue weighted by molar-refractivity contribution is 0.277. The molecule has 1 aromatic carbocycles. The zero-order valence-corrected chi connectivity index (χ0v) is 12.1. The van der Waals surface area contributed by atoms with Crippen LogP contribution in [0.5, 0.6) is 0 Å². The summed E-state index contributed by atoms with van der Waals surface area (Å²) in [6.07, 6.45) is 3.42. The van der Waals surface area contributed by atoms with Crippen LogP contribution in [0.1, 0.15) is 11.3 Å². The number of benzene rings is 1. The normalized spacial score (nSPS) is 10.8. The van der Waals surface area contributed by atoms with Crippen molar-refractivity contribution in [3.8, 4) is 16.9 Å². The van der Waals surface area contributed by atoms with Gasteiger partial charge in [-0.15, -0.1) is 5.10 Å². The van der Waals surface area contributed by atoms with Crippen LogP contribution in [0.4, 0.5) is 0 Å². The number of hydrogen-bond acceptors (Lipinski definition) is 4. The fourth-order valence-corrected chi connectivity index (χ4v) is 2.46. The third-order valence-electron chi connectivity index (χ3n) is 3.21. The molecule has 1 N–H and O–H groups in total. The zero-order chi connectivity index (χ0) is 14.8. The quantitative estimate of drug-likeness (QED) is 0.808. The maximum atomic E-state index is 9.50. The van der Waals surface area contributed by atoms with Gasteiger partial charge in [0, 0.05) is 23.0 Å². The van der Waals surface area contributed by atoms with Gasteiger partial charge in [-0.05, 0) is 42.8 Å². The Hall–Kier alpha value is -2.24. The van der Waals surface area contributed by atoms with Crippen molar-refractivity contribution in [1.82, 2.24) is 20.0 Å². The molecule has 0 saturated heterocycles. The fraction of sp³-hybridized carbons (Fsp3) is 0.133. The Morgan fingerprint density at radius 2 is 2.14 bits per heavy atom. The SMILES string of the molecule is Cc1cc(Cl)ccc1-n1nnc(CO)c1-c1cccnc1. The molecule has 106 valence electrons. The highest BCUT2D eigenvalue weighted by molar-refractivity contribution is 6.30. The largest absolute Gasteiger partial charge is 0.390 e. The van der Waals surface area contributed by atoms with E-state index in [1.54, 1.807) is 23.1 Å². The van der Waals surface area contributed by atoms with Gasteiger partial charge in [0.15, 0.2) is 0 Å². The van der Waals surface area contributed by atoms with E-state index in [2.05, 4.69) is 15.3 Å². The molecule has 2 heterocycles. The molecule has 3 aromatic rings. The van der Waals surface area contributed by atoms with Gasteiger partial charge in [0.2, 0.25) is 0 Å². The van der Waals surface area contributed by atoms with Gasteiger partial charge in [0.1, 0.15) is 11.4 Å². The van der Waals surface area contributed by atoms with Crippen molar-refractivity contribution in [2.75, 3.05) is 0 Å². The van der Waals surface area contributed by atoms with Gasteiger partial charge >= 0.3 is 0 Å². The smallest absolute Gasteiger partial charge is 0.117 e. The van der Waals surface area contributed by atoms with Crippen molar-refractivity contribution in [1.29, 1.82) is 0 Å². The Bertz CT molecular complexity index is 771. The van der Waals surface area contributed by atoms with Gasteiger partial charge in [-0.3, -0.25) is 4.98 Å². The first-order valence-corrected chi connectivity index (χ1v) is 6.81. The number of aryl methyl sites for hydroxylation is 1. The number of halogens is 1. The van der Waals surface area contributed by atoms with Crippen LogP contribution in [0.15, 0.2) is 42.7 Å². The van der Waals surface area contributed by atoms with E-state index in [9.17, 15) is 5.11 Å². The number of aromatic nitrogens is 4. The van der Waals surface area contributed by atoms with Crippen molar-refractivity contribution in [2.24, 2.45) is 0 Å². The van der Waals surface area contributed by atoms with E-state index in [-0.39, 0.29) is 6.61 Å². The van der Waals surface area contributed by atoms with Crippen molar-refractivity contribution in [3.63, 3.8) is 0 Å². The third kappa shape index (κ3) is 2.53. The Morgan fingerprint density at radius 1 is 1.29 bits per heavy atom. The summed E-state index contributed by atoms with van der Waals surface area (Å²) in [5.74, 6) is 0. The summed E-state index contributed by atoms with van der Waals surface area (Å²) >= 11 is 6.00. The maximum absolute atomic E-state index is 9.50. The predicted octanol–water partition coefficient (Wildman–Crippen LogP) is 2.78. The van der Waals surface area contributed by atoms with Crippen LogP contribution in [0.2, 0.25) is 5.02 Å². The predicted molar refractivity (Wildman–Crippen MR) is 80.3 cm³/mol. The zero-order valence-electron chi connectivity index (χ0n) is 11.4. The molecule has 0 saturated carbocycles. The first-order valence-electron chi connectivity index (χ1n) is 6.43. The first kappa shape index (κ1) is 13.7. The molecule has 0 aliphatic heterocycles. The molecule has 5 nitrogen and oxygen atoms in total. The molecule has 6 heteroatoms. The topological polar surface area (TPSA) is 63.8 Å². The highest BCUT2D eigenvalue weighted by atomic mass is 35.5. The molecule has 0 amide bonds. The van der Waals surface area contributed by atoms with E-state index in [1.165, 1.54) is 0 Å². The summed E-state index contributed by atoms with van der Waals surface area (Å²) in [6.45, 7) is 1.77. The number of nitrogens with zero attached hydrogens (tertiary/aromatic N) is 4. The number of aliphatic hydroxyl groups is 1. The maximum Gasteiger partial charge on any atom is 0.117 e. The first-order chi connectivity index (χ1) is 10.2. The lowest BCUT2D eigenvalue weighted by Crippen LogP contribution is -2.02. The molecule has 2 aromatic heterocycles. The van der Waals surface area contributed by atoms with Crippen LogP contribution < -0.4 is 0 Å². The highest BCUT2D eigenvalue weighted by Crippen LogP contribution is 2.27. The molecule has 0 atom stereocenters. The summed E-state index contributed by atoms with van der Waals surface area (Å²) < 4.78 is 1.70. The van der Waals surface area contributed by atoms with E-state index in [4.69, 9.17) is 11.6 Å². The molecular weight excluding hydrogens is 288 g/mol. The van der Waals surface area contributed by atoms with Crippen LogP contribution in [0.25, 0.3) is 16.9 Å². The van der Waals surface area contributed by atoms with E-state index in [0.29, 0.717) is 10.7 Å². The molecule has 21 heavy (non-hydrogen) atoms. The van der Waals surface area contributed by atoms with E-state index < -0.39 is 0 Å². The molecule has 0 fully saturated rings. The lowest BCUT2D eigenvalue weighted by atomic mass is 10.1. The monoisotopic (exact) mass is 300 g/mol. The average molecular weight is 301 g/mol. The summed E-state index contributed by atoms with van der Waals surface area (Å²) in [6, 6.07) is 9.30. The minimum absolute atomic E-state index is 0.184. The van der Waals surface area contributed by atoms with Crippen LogP contribution in [-0.4, -0.2) is 25.1 Å². The van der Waals surface area contributed by atoms with Crippen molar-refractivity contribution in [2.45, 2.75) is 13.5 Å². The fourth-order valence-electron chi connectivity index (χ4n) is 2.24. The van der Waals surface area contributed by atoms with Gasteiger partial charge in [0.05, 0.1) is 12.3 Å². The van der Waals surface area contributed by atoms with Gasteiger partial charge in [-0.1, -0.05) is 16.8 Å². The van der Waals surface area contributed by atoms with Gasteiger partial charge in [-0.2, -0.15) is 0 Å². The van der Waals surface area contributed by atoms with E-state index in [0.717, 1.165) is 22.5 Å². The lowest BCUT2D eigenvalue weighted by Gasteiger charge is -2.10. The van der Waals surface area contributed by atoms with Crippen LogP contribution >= 0.6 is 11.6 Å².